The predicted molar refractivity (Wildman–Crippen MR) is 74.1 cm³/mol. The molecule has 1 rings (SSSR count). The van der Waals surface area contributed by atoms with Crippen molar-refractivity contribution < 1.29 is 17.9 Å². The van der Waals surface area contributed by atoms with Gasteiger partial charge in [0.2, 0.25) is 0 Å². The normalized spacial score (nSPS) is 12.7. The Kier molecular flexibility index (Phi) is 6.43. The van der Waals surface area contributed by atoms with E-state index in [0.29, 0.717) is 0 Å². The molecule has 0 atom stereocenters. The monoisotopic (exact) mass is 378 g/mol. The molecule has 0 N–H and O–H groups in total. The molecule has 0 fully saturated rings. The first kappa shape index (κ1) is 17.1. The molecule has 7 heteroatoms. The van der Waals surface area contributed by atoms with Crippen LogP contribution in [0.15, 0.2) is 28.7 Å². The van der Waals surface area contributed by atoms with Crippen molar-refractivity contribution >= 4 is 39.1 Å². The van der Waals surface area contributed by atoms with Gasteiger partial charge in [0, 0.05) is 21.6 Å². The Morgan fingerprint density at radius 2 is 1.74 bits per heavy atom. The maximum Gasteiger partial charge on any atom is 0.411 e. The summed E-state index contributed by atoms with van der Waals surface area (Å²) in [4.78, 5) is 0. The Bertz CT molecular complexity index is 408. The van der Waals surface area contributed by atoms with E-state index in [0.717, 1.165) is 10.0 Å². The zero-order valence-corrected chi connectivity index (χ0v) is 12.9. The third kappa shape index (κ3) is 5.14. The predicted octanol–water partition coefficient (Wildman–Crippen LogP) is 4.74. The topological polar surface area (TPSA) is 9.23 Å². The molecule has 108 valence electrons. The Labute approximate surface area is 128 Å². The molecule has 0 saturated carbocycles. The SMILES string of the molecule is FC(F)(F)COCC(CCl)(CCl)c1cccc(Br)c1. The number of halogens is 6. The molecule has 1 nitrogen and oxygen atoms in total. The van der Waals surface area contributed by atoms with Crippen molar-refractivity contribution in [1.29, 1.82) is 0 Å². The van der Waals surface area contributed by atoms with E-state index in [9.17, 15) is 13.2 Å². The minimum Gasteiger partial charge on any atom is -0.371 e. The van der Waals surface area contributed by atoms with Crippen LogP contribution in [-0.4, -0.2) is 31.2 Å². The van der Waals surface area contributed by atoms with E-state index >= 15 is 0 Å². The van der Waals surface area contributed by atoms with Crippen molar-refractivity contribution in [1.82, 2.24) is 0 Å². The van der Waals surface area contributed by atoms with Gasteiger partial charge >= 0.3 is 6.18 Å². The van der Waals surface area contributed by atoms with Gasteiger partial charge in [-0.3, -0.25) is 0 Å². The molecule has 0 heterocycles. The molecule has 0 aliphatic rings. The van der Waals surface area contributed by atoms with Gasteiger partial charge in [-0.05, 0) is 17.7 Å². The quantitative estimate of drug-likeness (QED) is 0.648. The van der Waals surface area contributed by atoms with Crippen LogP contribution in [0.5, 0.6) is 0 Å². The van der Waals surface area contributed by atoms with E-state index in [4.69, 9.17) is 27.9 Å². The van der Waals surface area contributed by atoms with Crippen molar-refractivity contribution in [2.45, 2.75) is 11.6 Å². The summed E-state index contributed by atoms with van der Waals surface area (Å²) in [5.74, 6) is 0.148. The van der Waals surface area contributed by atoms with Crippen LogP contribution in [0.1, 0.15) is 5.56 Å². The van der Waals surface area contributed by atoms with Gasteiger partial charge in [-0.15, -0.1) is 23.2 Å². The summed E-state index contributed by atoms with van der Waals surface area (Å²) < 4.78 is 41.9. The fourth-order valence-corrected chi connectivity index (χ4v) is 2.68. The van der Waals surface area contributed by atoms with Crippen molar-refractivity contribution in [3.8, 4) is 0 Å². The molecular weight excluding hydrogens is 368 g/mol. The fourth-order valence-electron chi connectivity index (χ4n) is 1.53. The molecule has 0 radical (unpaired) electrons. The highest BCUT2D eigenvalue weighted by Gasteiger charge is 2.34. The van der Waals surface area contributed by atoms with Gasteiger partial charge < -0.3 is 4.74 Å². The molecule has 0 aliphatic carbocycles. The van der Waals surface area contributed by atoms with Crippen molar-refractivity contribution in [3.63, 3.8) is 0 Å². The van der Waals surface area contributed by atoms with Crippen molar-refractivity contribution in [2.24, 2.45) is 0 Å². The van der Waals surface area contributed by atoms with Crippen LogP contribution in [0.25, 0.3) is 0 Å². The van der Waals surface area contributed by atoms with Crippen LogP contribution < -0.4 is 0 Å². The number of alkyl halides is 5. The summed E-state index contributed by atoms with van der Waals surface area (Å²) in [6.45, 7) is -1.49. The van der Waals surface area contributed by atoms with Gasteiger partial charge in [-0.1, -0.05) is 28.1 Å². The molecule has 0 aliphatic heterocycles. The van der Waals surface area contributed by atoms with Gasteiger partial charge in [0.1, 0.15) is 6.61 Å². The molecule has 0 spiro atoms. The van der Waals surface area contributed by atoms with Gasteiger partial charge in [0.25, 0.3) is 0 Å². The number of ether oxygens (including phenoxy) is 1. The minimum absolute atomic E-state index is 0.0742. The van der Waals surface area contributed by atoms with Crippen LogP contribution in [0.2, 0.25) is 0 Å². The molecule has 0 bridgehead atoms. The van der Waals surface area contributed by atoms with E-state index < -0.39 is 18.2 Å². The van der Waals surface area contributed by atoms with Crippen LogP contribution in [-0.2, 0) is 10.2 Å². The smallest absolute Gasteiger partial charge is 0.371 e. The number of hydrogen-bond donors (Lipinski definition) is 0. The molecular formula is C12H12BrCl2F3O. The van der Waals surface area contributed by atoms with Gasteiger partial charge in [-0.25, -0.2) is 0 Å². The Balaban J connectivity index is 2.85. The van der Waals surface area contributed by atoms with Crippen LogP contribution >= 0.6 is 39.1 Å². The summed E-state index contributed by atoms with van der Waals surface area (Å²) in [5.41, 5.74) is -0.0907. The van der Waals surface area contributed by atoms with Crippen molar-refractivity contribution in [2.75, 3.05) is 25.0 Å². The summed E-state index contributed by atoms with van der Waals surface area (Å²) >= 11 is 15.1. The lowest BCUT2D eigenvalue weighted by molar-refractivity contribution is -0.176. The zero-order valence-electron chi connectivity index (χ0n) is 9.81. The van der Waals surface area contributed by atoms with Gasteiger partial charge in [0.05, 0.1) is 6.61 Å². The highest BCUT2D eigenvalue weighted by molar-refractivity contribution is 9.10. The second-order valence-corrected chi connectivity index (χ2v) is 5.62. The third-order valence-electron chi connectivity index (χ3n) is 2.59. The molecule has 0 amide bonds. The number of benzene rings is 1. The summed E-state index contributed by atoms with van der Waals surface area (Å²) in [6.07, 6.45) is -4.36. The Morgan fingerprint density at radius 1 is 1.11 bits per heavy atom. The molecule has 19 heavy (non-hydrogen) atoms. The number of hydrogen-bond acceptors (Lipinski definition) is 1. The average molecular weight is 380 g/mol. The van der Waals surface area contributed by atoms with Gasteiger partial charge in [0.15, 0.2) is 0 Å². The van der Waals surface area contributed by atoms with Crippen LogP contribution in [0.3, 0.4) is 0 Å². The van der Waals surface area contributed by atoms with Crippen molar-refractivity contribution in [3.05, 3.63) is 34.3 Å². The largest absolute Gasteiger partial charge is 0.411 e. The first-order valence-electron chi connectivity index (χ1n) is 5.35. The Morgan fingerprint density at radius 3 is 2.21 bits per heavy atom. The first-order valence-corrected chi connectivity index (χ1v) is 7.22. The molecule has 1 aromatic rings. The minimum atomic E-state index is -4.36. The maximum atomic E-state index is 12.1. The molecule has 0 unspecified atom stereocenters. The zero-order chi connectivity index (χ0) is 14.5. The molecule has 0 aromatic heterocycles. The lowest BCUT2D eigenvalue weighted by Crippen LogP contribution is -2.37. The van der Waals surface area contributed by atoms with E-state index in [2.05, 4.69) is 15.9 Å². The standard InChI is InChI=1S/C12H12BrCl2F3O/c13-10-3-1-2-9(4-10)11(5-14,6-15)7-19-8-12(16,17)18/h1-4H,5-8H2. The first-order chi connectivity index (χ1) is 8.83. The van der Waals surface area contributed by atoms with Gasteiger partial charge in [-0.2, -0.15) is 13.2 Å². The van der Waals surface area contributed by atoms with E-state index in [1.54, 1.807) is 18.2 Å². The molecule has 0 saturated heterocycles. The highest BCUT2D eigenvalue weighted by Crippen LogP contribution is 2.30. The summed E-state index contributed by atoms with van der Waals surface area (Å²) in [7, 11) is 0. The molecule has 1 aromatic carbocycles. The highest BCUT2D eigenvalue weighted by atomic mass is 79.9. The lowest BCUT2D eigenvalue weighted by Gasteiger charge is -2.30. The number of rotatable bonds is 6. The van der Waals surface area contributed by atoms with E-state index in [1.165, 1.54) is 0 Å². The average Bonchev–Trinajstić information content (AvgIpc) is 2.34. The lowest BCUT2D eigenvalue weighted by atomic mass is 9.85. The fraction of sp³-hybridized carbons (Fsp3) is 0.500. The van der Waals surface area contributed by atoms with E-state index in [-0.39, 0.29) is 18.4 Å². The van der Waals surface area contributed by atoms with Crippen LogP contribution in [0, 0.1) is 0 Å². The second-order valence-electron chi connectivity index (χ2n) is 4.17. The Hall–Kier alpha value is 0.0300. The third-order valence-corrected chi connectivity index (χ3v) is 4.11. The van der Waals surface area contributed by atoms with Crippen LogP contribution in [0.4, 0.5) is 13.2 Å². The summed E-state index contributed by atoms with van der Waals surface area (Å²) in [5, 5.41) is 0. The maximum absolute atomic E-state index is 12.1. The van der Waals surface area contributed by atoms with E-state index in [1.807, 2.05) is 6.07 Å². The summed E-state index contributed by atoms with van der Waals surface area (Å²) in [6, 6.07) is 7.14. The second kappa shape index (κ2) is 7.16.